The summed E-state index contributed by atoms with van der Waals surface area (Å²) in [5.41, 5.74) is 0. The Balaban J connectivity index is 4.17. The largest absolute Gasteiger partial charge is 0.462 e. The van der Waals surface area contributed by atoms with Crippen LogP contribution in [-0.2, 0) is 28.6 Å². The van der Waals surface area contributed by atoms with Crippen molar-refractivity contribution in [3.05, 3.63) is 36.5 Å². The molecule has 0 fully saturated rings. The molecule has 0 bridgehead atoms. The van der Waals surface area contributed by atoms with Gasteiger partial charge in [-0.15, -0.1) is 0 Å². The molecule has 6 heteroatoms. The Hall–Kier alpha value is -2.37. The van der Waals surface area contributed by atoms with Crippen LogP contribution in [0.4, 0.5) is 0 Å². The predicted octanol–water partition coefficient (Wildman–Crippen LogP) is 22.8. The fourth-order valence-electron chi connectivity index (χ4n) is 10.0. The Morgan fingerprint density at radius 3 is 0.813 bits per heavy atom. The molecular weight excluding hydrogens is 925 g/mol. The van der Waals surface area contributed by atoms with Crippen molar-refractivity contribution in [1.82, 2.24) is 0 Å². The predicted molar refractivity (Wildman–Crippen MR) is 326 cm³/mol. The van der Waals surface area contributed by atoms with Crippen LogP contribution < -0.4 is 0 Å². The summed E-state index contributed by atoms with van der Waals surface area (Å²) in [6.45, 7) is 6.63. The van der Waals surface area contributed by atoms with Gasteiger partial charge in [-0.1, -0.05) is 314 Å². The van der Waals surface area contributed by atoms with Gasteiger partial charge in [0.2, 0.25) is 0 Å². The standard InChI is InChI=1S/C69H128O6/c1-4-7-10-13-16-19-22-24-26-28-30-31-32-33-34-35-36-37-39-40-42-44-47-50-53-56-59-62-68(71)74-65-66(64-73-67(70)61-58-55-52-49-46-21-18-15-12-9-6-3)75-69(72)63-60-57-54-51-48-45-43-41-38-29-27-25-23-20-17-14-11-8-5-2/h15,17-18,20,25,27,66H,4-14,16,19,21-24,26,28-65H2,1-3H3/b18-15-,20-17-,27-25-. The molecule has 1 atom stereocenters. The maximum Gasteiger partial charge on any atom is 0.306 e. The van der Waals surface area contributed by atoms with E-state index in [1.807, 2.05) is 0 Å². The third-order valence-electron chi connectivity index (χ3n) is 15.1. The molecule has 0 aliphatic heterocycles. The first-order valence-corrected chi connectivity index (χ1v) is 33.5. The summed E-state index contributed by atoms with van der Waals surface area (Å²) in [5.74, 6) is -0.864. The van der Waals surface area contributed by atoms with Crippen molar-refractivity contribution in [3.8, 4) is 0 Å². The monoisotopic (exact) mass is 1050 g/mol. The van der Waals surface area contributed by atoms with E-state index in [4.69, 9.17) is 14.2 Å². The molecule has 75 heavy (non-hydrogen) atoms. The van der Waals surface area contributed by atoms with Crippen LogP contribution in [-0.4, -0.2) is 37.2 Å². The minimum absolute atomic E-state index is 0.0723. The number of ether oxygens (including phenoxy) is 3. The second-order valence-corrected chi connectivity index (χ2v) is 22.7. The molecule has 1 unspecified atom stereocenters. The number of allylic oxidation sites excluding steroid dienone is 6. The molecule has 0 saturated heterocycles. The first kappa shape index (κ1) is 72.6. The Labute approximate surface area is 467 Å². The molecule has 0 saturated carbocycles. The van der Waals surface area contributed by atoms with E-state index in [-0.39, 0.29) is 31.1 Å². The van der Waals surface area contributed by atoms with E-state index >= 15 is 0 Å². The van der Waals surface area contributed by atoms with Gasteiger partial charge in [0.1, 0.15) is 13.2 Å². The van der Waals surface area contributed by atoms with E-state index in [1.54, 1.807) is 0 Å². The van der Waals surface area contributed by atoms with Crippen molar-refractivity contribution >= 4 is 17.9 Å². The molecule has 0 amide bonds. The topological polar surface area (TPSA) is 78.9 Å². The van der Waals surface area contributed by atoms with Crippen LogP contribution >= 0.6 is 0 Å². The molecule has 0 aliphatic rings. The molecule has 0 aromatic carbocycles. The van der Waals surface area contributed by atoms with E-state index < -0.39 is 6.10 Å². The van der Waals surface area contributed by atoms with Gasteiger partial charge in [-0.25, -0.2) is 0 Å². The summed E-state index contributed by atoms with van der Waals surface area (Å²) >= 11 is 0. The average molecular weight is 1050 g/mol. The third-order valence-corrected chi connectivity index (χ3v) is 15.1. The fraction of sp³-hybridized carbons (Fsp3) is 0.870. The minimum atomic E-state index is -0.776. The molecule has 0 rings (SSSR count). The highest BCUT2D eigenvalue weighted by atomic mass is 16.6. The van der Waals surface area contributed by atoms with Gasteiger partial charge >= 0.3 is 17.9 Å². The lowest BCUT2D eigenvalue weighted by Gasteiger charge is -2.18. The van der Waals surface area contributed by atoms with Crippen LogP contribution in [0.1, 0.15) is 367 Å². The van der Waals surface area contributed by atoms with Gasteiger partial charge in [-0.2, -0.15) is 0 Å². The average Bonchev–Trinajstić information content (AvgIpc) is 3.41. The van der Waals surface area contributed by atoms with Crippen LogP contribution in [0, 0.1) is 0 Å². The number of hydrogen-bond acceptors (Lipinski definition) is 6. The maximum absolute atomic E-state index is 12.9. The summed E-state index contributed by atoms with van der Waals surface area (Å²) in [7, 11) is 0. The smallest absolute Gasteiger partial charge is 0.306 e. The van der Waals surface area contributed by atoms with Gasteiger partial charge < -0.3 is 14.2 Å². The molecule has 440 valence electrons. The zero-order chi connectivity index (χ0) is 54.3. The van der Waals surface area contributed by atoms with Crippen molar-refractivity contribution in [1.29, 1.82) is 0 Å². The van der Waals surface area contributed by atoms with E-state index in [1.165, 1.54) is 257 Å². The van der Waals surface area contributed by atoms with Crippen molar-refractivity contribution < 1.29 is 28.6 Å². The second kappa shape index (κ2) is 64.2. The van der Waals surface area contributed by atoms with Crippen LogP contribution in [0.5, 0.6) is 0 Å². The summed E-state index contributed by atoms with van der Waals surface area (Å²) in [6, 6.07) is 0. The first-order valence-electron chi connectivity index (χ1n) is 33.5. The summed E-state index contributed by atoms with van der Waals surface area (Å²) in [4.78, 5) is 38.3. The zero-order valence-corrected chi connectivity index (χ0v) is 50.6. The van der Waals surface area contributed by atoms with Crippen LogP contribution in [0.25, 0.3) is 0 Å². The highest BCUT2D eigenvalue weighted by molar-refractivity contribution is 5.71. The SMILES string of the molecule is CCCC/C=C\CCCCCCCC(=O)OCC(COC(=O)CCCCCCCCCCCCCCCCCCCCCCCCCCCCC)OC(=O)CCCCCCCCCCC/C=C\C/C=C\CCCCC. The minimum Gasteiger partial charge on any atom is -0.462 e. The van der Waals surface area contributed by atoms with E-state index in [0.29, 0.717) is 19.3 Å². The van der Waals surface area contributed by atoms with Gasteiger partial charge in [-0.3, -0.25) is 14.4 Å². The molecule has 0 aromatic rings. The summed E-state index contributed by atoms with van der Waals surface area (Å²) < 4.78 is 16.9. The van der Waals surface area contributed by atoms with Crippen molar-refractivity contribution in [2.24, 2.45) is 0 Å². The first-order chi connectivity index (χ1) is 37.0. The van der Waals surface area contributed by atoms with Crippen molar-refractivity contribution in [2.75, 3.05) is 13.2 Å². The van der Waals surface area contributed by atoms with Gasteiger partial charge in [0.25, 0.3) is 0 Å². The summed E-state index contributed by atoms with van der Waals surface area (Å²) in [6.07, 6.45) is 78.9. The number of rotatable bonds is 62. The molecular formula is C69H128O6. The lowest BCUT2D eigenvalue weighted by atomic mass is 10.0. The van der Waals surface area contributed by atoms with Gasteiger partial charge in [0.15, 0.2) is 6.10 Å². The fourth-order valence-corrected chi connectivity index (χ4v) is 10.0. The van der Waals surface area contributed by atoms with E-state index in [2.05, 4.69) is 57.2 Å². The van der Waals surface area contributed by atoms with Gasteiger partial charge in [0, 0.05) is 19.3 Å². The quantitative estimate of drug-likeness (QED) is 0.0261. The molecule has 0 radical (unpaired) electrons. The van der Waals surface area contributed by atoms with Crippen molar-refractivity contribution in [3.63, 3.8) is 0 Å². The lowest BCUT2D eigenvalue weighted by molar-refractivity contribution is -0.167. The molecule has 0 aliphatic carbocycles. The van der Waals surface area contributed by atoms with Gasteiger partial charge in [0.05, 0.1) is 0 Å². The lowest BCUT2D eigenvalue weighted by Crippen LogP contribution is -2.30. The Bertz CT molecular complexity index is 1250. The number of carbonyl (C=O) groups excluding carboxylic acids is 3. The third kappa shape index (κ3) is 62.4. The van der Waals surface area contributed by atoms with Crippen LogP contribution in [0.15, 0.2) is 36.5 Å². The Morgan fingerprint density at radius 1 is 0.267 bits per heavy atom. The van der Waals surface area contributed by atoms with Gasteiger partial charge in [-0.05, 0) is 70.6 Å². The van der Waals surface area contributed by atoms with E-state index in [0.717, 1.165) is 70.6 Å². The van der Waals surface area contributed by atoms with Crippen LogP contribution in [0.3, 0.4) is 0 Å². The number of hydrogen-bond donors (Lipinski definition) is 0. The zero-order valence-electron chi connectivity index (χ0n) is 50.6. The van der Waals surface area contributed by atoms with E-state index in [9.17, 15) is 14.4 Å². The number of esters is 3. The highest BCUT2D eigenvalue weighted by Gasteiger charge is 2.19. The Kier molecular flexibility index (Phi) is 62.1. The number of carbonyl (C=O) groups is 3. The normalized spacial score (nSPS) is 12.2. The maximum atomic E-state index is 12.9. The molecule has 0 heterocycles. The number of unbranched alkanes of at least 4 members (excludes halogenated alkanes) is 45. The summed E-state index contributed by atoms with van der Waals surface area (Å²) in [5, 5.41) is 0. The van der Waals surface area contributed by atoms with Crippen molar-refractivity contribution in [2.45, 2.75) is 374 Å². The molecule has 0 N–H and O–H groups in total. The molecule has 0 spiro atoms. The highest BCUT2D eigenvalue weighted by Crippen LogP contribution is 2.18. The molecule has 6 nitrogen and oxygen atoms in total. The second-order valence-electron chi connectivity index (χ2n) is 22.7. The molecule has 0 aromatic heterocycles. The van der Waals surface area contributed by atoms with Crippen LogP contribution in [0.2, 0.25) is 0 Å². The Morgan fingerprint density at radius 2 is 0.493 bits per heavy atom.